The predicted octanol–water partition coefficient (Wildman–Crippen LogP) is 2.25. The molecule has 1 aromatic rings. The average molecular weight is 308 g/mol. The Labute approximate surface area is 133 Å². The standard InChI is InChI=1S/C17H28N2O3/c1-5-13-6-8-14(9-7-13)16(12(2)3)19-17(21)18-10-15(20)11-22-4/h6-9,12,15-16,20H,5,10-11H2,1-4H3,(H2,18,19,21). The number of urea groups is 1. The lowest BCUT2D eigenvalue weighted by atomic mass is 9.95. The molecule has 0 aliphatic carbocycles. The molecule has 0 aliphatic rings. The number of amides is 2. The number of ether oxygens (including phenoxy) is 1. The van der Waals surface area contributed by atoms with E-state index in [1.807, 2.05) is 0 Å². The zero-order valence-corrected chi connectivity index (χ0v) is 13.9. The van der Waals surface area contributed by atoms with E-state index in [4.69, 9.17) is 4.74 Å². The number of aliphatic hydroxyl groups is 1. The fourth-order valence-corrected chi connectivity index (χ4v) is 2.25. The molecular weight excluding hydrogens is 280 g/mol. The normalized spacial score (nSPS) is 13.7. The number of carbonyl (C=O) groups is 1. The molecule has 1 aromatic carbocycles. The van der Waals surface area contributed by atoms with Crippen LogP contribution in [0.1, 0.15) is 37.9 Å². The molecule has 0 spiro atoms. The number of aryl methyl sites for hydroxylation is 1. The van der Waals surface area contributed by atoms with Gasteiger partial charge in [-0.1, -0.05) is 45.0 Å². The van der Waals surface area contributed by atoms with E-state index in [9.17, 15) is 9.90 Å². The van der Waals surface area contributed by atoms with Gasteiger partial charge in [-0.25, -0.2) is 4.79 Å². The zero-order chi connectivity index (χ0) is 16.5. The summed E-state index contributed by atoms with van der Waals surface area (Å²) in [5, 5.41) is 15.2. The van der Waals surface area contributed by atoms with Crippen LogP contribution in [0.4, 0.5) is 4.79 Å². The van der Waals surface area contributed by atoms with Crippen molar-refractivity contribution in [1.82, 2.24) is 10.6 Å². The summed E-state index contributed by atoms with van der Waals surface area (Å²) in [6.07, 6.45) is 0.301. The van der Waals surface area contributed by atoms with Gasteiger partial charge in [-0.15, -0.1) is 0 Å². The number of methoxy groups -OCH3 is 1. The maximum Gasteiger partial charge on any atom is 0.315 e. The molecule has 5 nitrogen and oxygen atoms in total. The van der Waals surface area contributed by atoms with Gasteiger partial charge in [0.05, 0.1) is 18.8 Å². The molecule has 0 aromatic heterocycles. The Morgan fingerprint density at radius 3 is 2.41 bits per heavy atom. The molecule has 124 valence electrons. The van der Waals surface area contributed by atoms with Gasteiger partial charge in [-0.3, -0.25) is 0 Å². The van der Waals surface area contributed by atoms with Gasteiger partial charge < -0.3 is 20.5 Å². The summed E-state index contributed by atoms with van der Waals surface area (Å²) in [5.41, 5.74) is 2.36. The molecule has 0 heterocycles. The van der Waals surface area contributed by atoms with E-state index in [-0.39, 0.29) is 31.1 Å². The Balaban J connectivity index is 2.61. The highest BCUT2D eigenvalue weighted by molar-refractivity contribution is 5.74. The van der Waals surface area contributed by atoms with Crippen molar-refractivity contribution in [3.05, 3.63) is 35.4 Å². The van der Waals surface area contributed by atoms with E-state index >= 15 is 0 Å². The number of carbonyl (C=O) groups excluding carboxylic acids is 1. The van der Waals surface area contributed by atoms with Gasteiger partial charge in [0.1, 0.15) is 0 Å². The highest BCUT2D eigenvalue weighted by atomic mass is 16.5. The molecule has 5 heteroatoms. The monoisotopic (exact) mass is 308 g/mol. The van der Waals surface area contributed by atoms with E-state index < -0.39 is 6.10 Å². The van der Waals surface area contributed by atoms with Gasteiger partial charge in [-0.05, 0) is 23.5 Å². The minimum absolute atomic E-state index is 0.0644. The van der Waals surface area contributed by atoms with Crippen molar-refractivity contribution in [2.45, 2.75) is 39.3 Å². The fraction of sp³-hybridized carbons (Fsp3) is 0.588. The number of aliphatic hydroxyl groups excluding tert-OH is 1. The Bertz CT molecular complexity index is 446. The van der Waals surface area contributed by atoms with Crippen LogP contribution in [0, 0.1) is 5.92 Å². The topological polar surface area (TPSA) is 70.6 Å². The average Bonchev–Trinajstić information content (AvgIpc) is 2.51. The van der Waals surface area contributed by atoms with E-state index in [0.717, 1.165) is 12.0 Å². The second-order valence-corrected chi connectivity index (χ2v) is 5.78. The lowest BCUT2D eigenvalue weighted by molar-refractivity contribution is 0.0658. The largest absolute Gasteiger partial charge is 0.389 e. The number of benzene rings is 1. The maximum atomic E-state index is 12.0. The molecule has 2 amide bonds. The summed E-state index contributed by atoms with van der Waals surface area (Å²) in [6.45, 7) is 6.62. The second-order valence-electron chi connectivity index (χ2n) is 5.78. The van der Waals surface area contributed by atoms with E-state index in [0.29, 0.717) is 0 Å². The number of nitrogens with one attached hydrogen (secondary N) is 2. The quantitative estimate of drug-likeness (QED) is 0.690. The van der Waals surface area contributed by atoms with Crippen molar-refractivity contribution in [2.24, 2.45) is 5.92 Å². The fourth-order valence-electron chi connectivity index (χ4n) is 2.25. The number of hydrogen-bond acceptors (Lipinski definition) is 3. The molecule has 1 rings (SSSR count). The van der Waals surface area contributed by atoms with E-state index in [2.05, 4.69) is 55.7 Å². The van der Waals surface area contributed by atoms with Gasteiger partial charge in [-0.2, -0.15) is 0 Å². The summed E-state index contributed by atoms with van der Waals surface area (Å²) >= 11 is 0. The summed E-state index contributed by atoms with van der Waals surface area (Å²) in [4.78, 5) is 12.0. The predicted molar refractivity (Wildman–Crippen MR) is 87.8 cm³/mol. The van der Waals surface area contributed by atoms with Crippen molar-refractivity contribution in [2.75, 3.05) is 20.3 Å². The van der Waals surface area contributed by atoms with Crippen LogP contribution in [0.5, 0.6) is 0 Å². The smallest absolute Gasteiger partial charge is 0.315 e. The molecule has 0 fully saturated rings. The molecule has 22 heavy (non-hydrogen) atoms. The first-order valence-corrected chi connectivity index (χ1v) is 7.78. The van der Waals surface area contributed by atoms with Crippen LogP contribution >= 0.6 is 0 Å². The van der Waals surface area contributed by atoms with Crippen molar-refractivity contribution < 1.29 is 14.6 Å². The first-order valence-electron chi connectivity index (χ1n) is 7.78. The Morgan fingerprint density at radius 2 is 1.91 bits per heavy atom. The summed E-state index contributed by atoms with van der Waals surface area (Å²) in [6, 6.07) is 7.95. The lowest BCUT2D eigenvalue weighted by Gasteiger charge is -2.23. The van der Waals surface area contributed by atoms with Crippen LogP contribution in [0.15, 0.2) is 24.3 Å². The highest BCUT2D eigenvalue weighted by Crippen LogP contribution is 2.22. The lowest BCUT2D eigenvalue weighted by Crippen LogP contribution is -2.43. The molecular formula is C17H28N2O3. The van der Waals surface area contributed by atoms with Gasteiger partial charge in [0.15, 0.2) is 0 Å². The molecule has 0 aliphatic heterocycles. The molecule has 0 saturated carbocycles. The van der Waals surface area contributed by atoms with Crippen molar-refractivity contribution in [3.8, 4) is 0 Å². The summed E-state index contributed by atoms with van der Waals surface area (Å²) < 4.78 is 4.82. The molecule has 3 N–H and O–H groups in total. The zero-order valence-electron chi connectivity index (χ0n) is 13.9. The Morgan fingerprint density at radius 1 is 1.27 bits per heavy atom. The van der Waals surface area contributed by atoms with Crippen LogP contribution in [-0.2, 0) is 11.2 Å². The van der Waals surface area contributed by atoms with Gasteiger partial charge in [0, 0.05) is 13.7 Å². The Kier molecular flexibility index (Phi) is 7.91. The highest BCUT2D eigenvalue weighted by Gasteiger charge is 2.18. The van der Waals surface area contributed by atoms with E-state index in [1.54, 1.807) is 0 Å². The van der Waals surface area contributed by atoms with Crippen LogP contribution in [0.25, 0.3) is 0 Å². The maximum absolute atomic E-state index is 12.0. The van der Waals surface area contributed by atoms with Gasteiger partial charge in [0.25, 0.3) is 0 Å². The van der Waals surface area contributed by atoms with Crippen LogP contribution < -0.4 is 10.6 Å². The third kappa shape index (κ3) is 6.03. The van der Waals surface area contributed by atoms with Gasteiger partial charge >= 0.3 is 6.03 Å². The third-order valence-corrected chi connectivity index (χ3v) is 3.56. The molecule has 0 saturated heterocycles. The molecule has 2 atom stereocenters. The summed E-state index contributed by atoms with van der Waals surface area (Å²) in [5.74, 6) is 0.266. The van der Waals surface area contributed by atoms with Gasteiger partial charge in [0.2, 0.25) is 0 Å². The van der Waals surface area contributed by atoms with E-state index in [1.165, 1.54) is 12.7 Å². The number of hydrogen-bond donors (Lipinski definition) is 3. The molecule has 0 radical (unpaired) electrons. The van der Waals surface area contributed by atoms with Crippen LogP contribution in [0.3, 0.4) is 0 Å². The van der Waals surface area contributed by atoms with Crippen LogP contribution in [-0.4, -0.2) is 37.5 Å². The Hall–Kier alpha value is -1.59. The summed E-state index contributed by atoms with van der Waals surface area (Å²) in [7, 11) is 1.51. The minimum atomic E-state index is -0.697. The third-order valence-electron chi connectivity index (χ3n) is 3.56. The number of rotatable bonds is 8. The second kappa shape index (κ2) is 9.43. The molecule has 2 unspecified atom stereocenters. The SMILES string of the molecule is CCc1ccc(C(NC(=O)NCC(O)COC)C(C)C)cc1. The minimum Gasteiger partial charge on any atom is -0.389 e. The van der Waals surface area contributed by atoms with Crippen LogP contribution in [0.2, 0.25) is 0 Å². The van der Waals surface area contributed by atoms with Crippen molar-refractivity contribution in [3.63, 3.8) is 0 Å². The van der Waals surface area contributed by atoms with Crippen molar-refractivity contribution >= 4 is 6.03 Å². The van der Waals surface area contributed by atoms with Crippen molar-refractivity contribution in [1.29, 1.82) is 0 Å². The molecule has 0 bridgehead atoms. The first kappa shape index (κ1) is 18.5. The first-order chi connectivity index (χ1) is 10.5.